The molecule has 3 rings (SSSR count). The van der Waals surface area contributed by atoms with Crippen LogP contribution < -0.4 is 5.32 Å². The van der Waals surface area contributed by atoms with E-state index in [2.05, 4.69) is 11.4 Å². The Labute approximate surface area is 168 Å². The number of esters is 1. The Hall–Kier alpha value is -3.66. The quantitative estimate of drug-likeness (QED) is 0.790. The van der Waals surface area contributed by atoms with Crippen molar-refractivity contribution in [2.75, 3.05) is 11.9 Å². The molecule has 1 N–H and O–H groups in total. The Morgan fingerprint density at radius 2 is 1.83 bits per heavy atom. The van der Waals surface area contributed by atoms with Crippen LogP contribution in [0.2, 0.25) is 0 Å². The number of anilines is 1. The highest BCUT2D eigenvalue weighted by molar-refractivity contribution is 5.94. The molecule has 1 aliphatic heterocycles. The van der Waals surface area contributed by atoms with Crippen LogP contribution in [0.3, 0.4) is 0 Å². The average molecular weight is 391 g/mol. The predicted octanol–water partition coefficient (Wildman–Crippen LogP) is 2.67. The van der Waals surface area contributed by atoms with E-state index in [-0.39, 0.29) is 17.9 Å². The minimum absolute atomic E-state index is 0.228. The fourth-order valence-corrected chi connectivity index (χ4v) is 3.19. The van der Waals surface area contributed by atoms with Crippen molar-refractivity contribution in [3.8, 4) is 6.07 Å². The first-order valence-corrected chi connectivity index (χ1v) is 9.31. The average Bonchev–Trinajstić information content (AvgIpc) is 2.73. The van der Waals surface area contributed by atoms with Crippen LogP contribution >= 0.6 is 0 Å². The van der Waals surface area contributed by atoms with Gasteiger partial charge in [-0.2, -0.15) is 5.26 Å². The summed E-state index contributed by atoms with van der Waals surface area (Å²) in [5.41, 5.74) is 3.09. The number of nitrogens with zero attached hydrogens (tertiary/aromatic N) is 2. The van der Waals surface area contributed by atoms with Gasteiger partial charge >= 0.3 is 5.97 Å². The van der Waals surface area contributed by atoms with Gasteiger partial charge in [-0.25, -0.2) is 4.79 Å². The van der Waals surface area contributed by atoms with E-state index in [0.717, 1.165) is 12.0 Å². The summed E-state index contributed by atoms with van der Waals surface area (Å²) in [6.07, 6.45) is -0.367. The topological polar surface area (TPSA) is 99.5 Å². The molecule has 0 bridgehead atoms. The fraction of sp³-hybridized carbons (Fsp3) is 0.273. The van der Waals surface area contributed by atoms with Crippen molar-refractivity contribution in [2.45, 2.75) is 32.4 Å². The van der Waals surface area contributed by atoms with Crippen LogP contribution in [0.4, 0.5) is 5.69 Å². The largest absolute Gasteiger partial charge is 0.449 e. The molecular formula is C22H21N3O4. The molecule has 0 saturated carbocycles. The van der Waals surface area contributed by atoms with Crippen LogP contribution in [-0.4, -0.2) is 35.3 Å². The number of ether oxygens (including phenoxy) is 1. The molecule has 0 radical (unpaired) electrons. The van der Waals surface area contributed by atoms with Crippen molar-refractivity contribution in [3.63, 3.8) is 0 Å². The number of rotatable bonds is 5. The van der Waals surface area contributed by atoms with Gasteiger partial charge in [0.2, 0.25) is 5.91 Å². The summed E-state index contributed by atoms with van der Waals surface area (Å²) in [7, 11) is 0. The molecule has 1 unspecified atom stereocenters. The second-order valence-electron chi connectivity index (χ2n) is 6.79. The third-order valence-electron chi connectivity index (χ3n) is 4.72. The van der Waals surface area contributed by atoms with Crippen molar-refractivity contribution < 1.29 is 19.1 Å². The second-order valence-corrected chi connectivity index (χ2v) is 6.79. The molecule has 2 amide bonds. The number of carbonyl (C=O) groups is 3. The van der Waals surface area contributed by atoms with Gasteiger partial charge in [-0.15, -0.1) is 0 Å². The highest BCUT2D eigenvalue weighted by Gasteiger charge is 2.27. The zero-order chi connectivity index (χ0) is 20.8. The lowest BCUT2D eigenvalue weighted by molar-refractivity contribution is -0.140. The van der Waals surface area contributed by atoms with E-state index in [1.165, 1.54) is 17.7 Å². The normalized spacial score (nSPS) is 13.6. The van der Waals surface area contributed by atoms with Gasteiger partial charge in [-0.3, -0.25) is 9.59 Å². The Morgan fingerprint density at radius 3 is 2.52 bits per heavy atom. The van der Waals surface area contributed by atoms with Gasteiger partial charge in [-0.05, 0) is 48.7 Å². The Bertz CT molecular complexity index is 963. The number of carbonyl (C=O) groups excluding carboxylic acids is 3. The maximum atomic E-state index is 12.7. The lowest BCUT2D eigenvalue weighted by atomic mass is 9.99. The summed E-state index contributed by atoms with van der Waals surface area (Å²) < 4.78 is 5.34. The number of hydrogen-bond acceptors (Lipinski definition) is 5. The maximum Gasteiger partial charge on any atom is 0.338 e. The highest BCUT2D eigenvalue weighted by Crippen LogP contribution is 2.20. The van der Waals surface area contributed by atoms with Crippen molar-refractivity contribution in [1.29, 1.82) is 5.26 Å². The maximum absolute atomic E-state index is 12.7. The second kappa shape index (κ2) is 9.02. The summed E-state index contributed by atoms with van der Waals surface area (Å²) in [5.74, 6) is -1.27. The fourth-order valence-electron chi connectivity index (χ4n) is 3.19. The summed E-state index contributed by atoms with van der Waals surface area (Å²) in [6, 6.07) is 15.8. The Morgan fingerprint density at radius 1 is 1.14 bits per heavy atom. The Balaban J connectivity index is 1.57. The first-order chi connectivity index (χ1) is 14.0. The zero-order valence-corrected chi connectivity index (χ0v) is 16.1. The number of nitriles is 1. The standard InChI is InChI=1S/C22H21N3O4/c1-15(21(27)25-13-11-16-4-2-3-5-18(16)14-25)29-22(28)17-6-8-19(9-7-17)24-20(26)10-12-23/h2-9,15H,10-11,13-14H2,1H3,(H,24,26). The summed E-state index contributed by atoms with van der Waals surface area (Å²) in [4.78, 5) is 38.2. The zero-order valence-electron chi connectivity index (χ0n) is 16.1. The van der Waals surface area contributed by atoms with Crippen molar-refractivity contribution in [2.24, 2.45) is 0 Å². The van der Waals surface area contributed by atoms with Gasteiger partial charge in [0.25, 0.3) is 5.91 Å². The van der Waals surface area contributed by atoms with E-state index < -0.39 is 18.0 Å². The minimum atomic E-state index is -0.900. The highest BCUT2D eigenvalue weighted by atomic mass is 16.5. The SMILES string of the molecule is CC(OC(=O)c1ccc(NC(=O)CC#N)cc1)C(=O)N1CCc2ccccc2C1. The molecular weight excluding hydrogens is 370 g/mol. The van der Waals surface area contributed by atoms with Crippen LogP contribution in [0, 0.1) is 11.3 Å². The smallest absolute Gasteiger partial charge is 0.338 e. The van der Waals surface area contributed by atoms with Crippen LogP contribution in [0.1, 0.15) is 34.8 Å². The van der Waals surface area contributed by atoms with Crippen LogP contribution in [0.25, 0.3) is 0 Å². The molecule has 0 aromatic heterocycles. The van der Waals surface area contributed by atoms with Gasteiger partial charge in [0.15, 0.2) is 6.10 Å². The monoisotopic (exact) mass is 391 g/mol. The lowest BCUT2D eigenvalue weighted by Gasteiger charge is -2.30. The van der Waals surface area contributed by atoms with Gasteiger partial charge in [0, 0.05) is 18.8 Å². The van der Waals surface area contributed by atoms with Crippen LogP contribution in [0.5, 0.6) is 0 Å². The van der Waals surface area contributed by atoms with E-state index in [0.29, 0.717) is 18.8 Å². The molecule has 2 aromatic rings. The number of benzene rings is 2. The van der Waals surface area contributed by atoms with Gasteiger partial charge in [0.05, 0.1) is 11.6 Å². The van der Waals surface area contributed by atoms with E-state index >= 15 is 0 Å². The van der Waals surface area contributed by atoms with Crippen molar-refractivity contribution >= 4 is 23.5 Å². The summed E-state index contributed by atoms with van der Waals surface area (Å²) in [5, 5.41) is 11.0. The first kappa shape index (κ1) is 20.1. The van der Waals surface area contributed by atoms with Crippen LogP contribution in [0.15, 0.2) is 48.5 Å². The van der Waals surface area contributed by atoms with Gasteiger partial charge in [0.1, 0.15) is 6.42 Å². The molecule has 0 spiro atoms. The molecule has 1 aliphatic rings. The summed E-state index contributed by atoms with van der Waals surface area (Å²) in [6.45, 7) is 2.67. The molecule has 0 saturated heterocycles. The molecule has 0 aliphatic carbocycles. The number of nitrogens with one attached hydrogen (secondary N) is 1. The lowest BCUT2D eigenvalue weighted by Crippen LogP contribution is -2.42. The van der Waals surface area contributed by atoms with E-state index in [1.54, 1.807) is 30.0 Å². The first-order valence-electron chi connectivity index (χ1n) is 9.31. The molecule has 29 heavy (non-hydrogen) atoms. The summed E-state index contributed by atoms with van der Waals surface area (Å²) >= 11 is 0. The third-order valence-corrected chi connectivity index (χ3v) is 4.72. The third kappa shape index (κ3) is 4.99. The minimum Gasteiger partial charge on any atom is -0.449 e. The van der Waals surface area contributed by atoms with E-state index in [4.69, 9.17) is 10.00 Å². The molecule has 1 atom stereocenters. The number of fused-ring (bicyclic) bond motifs is 1. The number of amides is 2. The number of hydrogen-bond donors (Lipinski definition) is 1. The Kier molecular flexibility index (Phi) is 6.25. The van der Waals surface area contributed by atoms with Crippen LogP contribution in [-0.2, 0) is 27.3 Å². The van der Waals surface area contributed by atoms with E-state index in [9.17, 15) is 14.4 Å². The molecule has 7 heteroatoms. The molecule has 0 fully saturated rings. The molecule has 1 heterocycles. The molecule has 2 aromatic carbocycles. The van der Waals surface area contributed by atoms with Crippen molar-refractivity contribution in [1.82, 2.24) is 4.90 Å². The van der Waals surface area contributed by atoms with Gasteiger partial charge in [-0.1, -0.05) is 24.3 Å². The predicted molar refractivity (Wildman–Crippen MR) is 106 cm³/mol. The van der Waals surface area contributed by atoms with Crippen molar-refractivity contribution in [3.05, 3.63) is 65.2 Å². The van der Waals surface area contributed by atoms with E-state index in [1.807, 2.05) is 18.2 Å². The van der Waals surface area contributed by atoms with Gasteiger partial charge < -0.3 is 15.0 Å². The molecule has 148 valence electrons. The molecule has 7 nitrogen and oxygen atoms in total.